The quantitative estimate of drug-likeness (QED) is 0.0995. The molecule has 12 nitrogen and oxygen atoms in total. The van der Waals surface area contributed by atoms with Crippen LogP contribution in [0.25, 0.3) is 10.8 Å². The van der Waals surface area contributed by atoms with Gasteiger partial charge in [0.25, 0.3) is 0 Å². The summed E-state index contributed by atoms with van der Waals surface area (Å²) in [6.45, 7) is 3.00. The van der Waals surface area contributed by atoms with Gasteiger partial charge >= 0.3 is 5.97 Å². The fourth-order valence-electron chi connectivity index (χ4n) is 3.57. The monoisotopic (exact) mass is 513 g/mol. The van der Waals surface area contributed by atoms with Crippen molar-refractivity contribution in [3.05, 3.63) is 48.0 Å². The van der Waals surface area contributed by atoms with E-state index in [4.69, 9.17) is 22.0 Å². The zero-order chi connectivity index (χ0) is 27.5. The molecule has 2 rings (SSSR count). The molecule has 0 aliphatic heterocycles. The largest absolute Gasteiger partial charge is 0.480 e. The molecule has 12 heteroatoms. The number of aliphatic carboxylic acids is 1. The van der Waals surface area contributed by atoms with Crippen LogP contribution >= 0.6 is 0 Å². The van der Waals surface area contributed by atoms with E-state index in [9.17, 15) is 19.2 Å². The molecule has 0 aromatic heterocycles. The van der Waals surface area contributed by atoms with E-state index in [-0.39, 0.29) is 18.8 Å². The molecule has 2 aromatic rings. The molecule has 0 saturated carbocycles. The number of nitrogens with one attached hydrogen (secondary N) is 5. The van der Waals surface area contributed by atoms with Crippen LogP contribution < -0.4 is 32.7 Å². The van der Waals surface area contributed by atoms with Gasteiger partial charge < -0.3 is 37.8 Å². The van der Waals surface area contributed by atoms with E-state index in [1.165, 1.54) is 13.8 Å². The van der Waals surface area contributed by atoms with Crippen molar-refractivity contribution in [3.8, 4) is 0 Å². The number of carbonyl (C=O) groups is 4. The summed E-state index contributed by atoms with van der Waals surface area (Å²) in [5, 5.41) is 28.3. The minimum atomic E-state index is -1.21. The third kappa shape index (κ3) is 9.41. The third-order valence-electron chi connectivity index (χ3n) is 5.71. The second kappa shape index (κ2) is 13.8. The van der Waals surface area contributed by atoms with Crippen LogP contribution in [0.2, 0.25) is 0 Å². The van der Waals surface area contributed by atoms with Gasteiger partial charge in [-0.25, -0.2) is 0 Å². The Morgan fingerprint density at radius 3 is 2.22 bits per heavy atom. The molecule has 37 heavy (non-hydrogen) atoms. The van der Waals surface area contributed by atoms with Crippen molar-refractivity contribution < 1.29 is 24.3 Å². The predicted molar refractivity (Wildman–Crippen MR) is 140 cm³/mol. The van der Waals surface area contributed by atoms with E-state index in [2.05, 4.69) is 21.3 Å². The molecule has 0 fully saturated rings. The fraction of sp³-hybridized carbons (Fsp3) is 0.400. The summed E-state index contributed by atoms with van der Waals surface area (Å²) in [6.07, 6.45) is 0.817. The lowest BCUT2D eigenvalue weighted by molar-refractivity contribution is -0.141. The number of fused-ring (bicyclic) bond motifs is 1. The molecule has 200 valence electrons. The Kier molecular flexibility index (Phi) is 10.8. The lowest BCUT2D eigenvalue weighted by Gasteiger charge is -2.23. The van der Waals surface area contributed by atoms with Crippen molar-refractivity contribution in [2.45, 2.75) is 57.3 Å². The lowest BCUT2D eigenvalue weighted by Crippen LogP contribution is -2.56. The standard InChI is InChI=1S/C25H35N7O5/c1-14(21(33)31-15(2)24(36)37)30-23(35)20(8-5-11-29-25(27)28)32-22(34)19(26)13-16-9-10-17-6-3-4-7-18(17)12-16/h3-4,6-7,9-10,12,14-15,19-20H,5,8,11,13,26H2,1-2H3,(H,30,35)(H,31,33)(H,32,34)(H,36,37)(H4,27,28,29)/t14-,15+,19-,20-/m0/s1. The molecule has 0 bridgehead atoms. The van der Waals surface area contributed by atoms with Crippen LogP contribution in [-0.2, 0) is 25.6 Å². The number of hydrogen-bond acceptors (Lipinski definition) is 6. The van der Waals surface area contributed by atoms with Crippen molar-refractivity contribution in [3.63, 3.8) is 0 Å². The minimum absolute atomic E-state index is 0.181. The Bertz CT molecular complexity index is 1140. The second-order valence-corrected chi connectivity index (χ2v) is 8.83. The highest BCUT2D eigenvalue weighted by Gasteiger charge is 2.27. The molecule has 0 saturated heterocycles. The number of guanidine groups is 1. The summed E-state index contributed by atoms with van der Waals surface area (Å²) < 4.78 is 0. The van der Waals surface area contributed by atoms with Crippen LogP contribution in [0, 0.1) is 5.41 Å². The van der Waals surface area contributed by atoms with E-state index >= 15 is 0 Å². The number of amides is 3. The van der Waals surface area contributed by atoms with Crippen molar-refractivity contribution >= 4 is 40.4 Å². The van der Waals surface area contributed by atoms with Gasteiger partial charge in [-0.3, -0.25) is 24.6 Å². The van der Waals surface area contributed by atoms with Gasteiger partial charge in [0.05, 0.1) is 6.04 Å². The fourth-order valence-corrected chi connectivity index (χ4v) is 3.57. The lowest BCUT2D eigenvalue weighted by atomic mass is 10.0. The zero-order valence-corrected chi connectivity index (χ0v) is 20.9. The first kappa shape index (κ1) is 29.0. The molecule has 0 heterocycles. The second-order valence-electron chi connectivity index (χ2n) is 8.83. The molecular formula is C25H35N7O5. The van der Waals surface area contributed by atoms with E-state index in [1.54, 1.807) is 0 Å². The maximum atomic E-state index is 12.9. The van der Waals surface area contributed by atoms with Gasteiger partial charge in [-0.15, -0.1) is 0 Å². The molecule has 2 aromatic carbocycles. The van der Waals surface area contributed by atoms with E-state index in [1.807, 2.05) is 42.5 Å². The summed E-state index contributed by atoms with van der Waals surface area (Å²) in [5.74, 6) is -3.28. The van der Waals surface area contributed by atoms with Gasteiger partial charge in [0.2, 0.25) is 17.7 Å². The molecule has 0 radical (unpaired) electrons. The van der Waals surface area contributed by atoms with Crippen molar-refractivity contribution in [2.24, 2.45) is 11.5 Å². The SMILES string of the molecule is C[C@H](NC(=O)[C@H](CCCNC(=N)N)NC(=O)[C@@H](N)Cc1ccc2ccccc2c1)C(=O)N[C@H](C)C(=O)O. The van der Waals surface area contributed by atoms with Crippen LogP contribution in [0.3, 0.4) is 0 Å². The van der Waals surface area contributed by atoms with Crippen molar-refractivity contribution in [1.82, 2.24) is 21.3 Å². The Morgan fingerprint density at radius 1 is 0.919 bits per heavy atom. The molecular weight excluding hydrogens is 478 g/mol. The Labute approximate surface area is 215 Å². The van der Waals surface area contributed by atoms with Gasteiger partial charge in [-0.05, 0) is 49.4 Å². The maximum Gasteiger partial charge on any atom is 0.325 e. The molecule has 0 aliphatic carbocycles. The van der Waals surface area contributed by atoms with Crippen LogP contribution in [0.5, 0.6) is 0 Å². The first-order valence-electron chi connectivity index (χ1n) is 11.9. The minimum Gasteiger partial charge on any atom is -0.480 e. The molecule has 3 amide bonds. The summed E-state index contributed by atoms with van der Waals surface area (Å²) >= 11 is 0. The highest BCUT2D eigenvalue weighted by atomic mass is 16.4. The Morgan fingerprint density at radius 2 is 1.57 bits per heavy atom. The average Bonchev–Trinajstić information content (AvgIpc) is 2.85. The number of hydrogen-bond donors (Lipinski definition) is 8. The predicted octanol–water partition coefficient (Wildman–Crippen LogP) is -0.448. The number of benzene rings is 2. The third-order valence-corrected chi connectivity index (χ3v) is 5.71. The average molecular weight is 514 g/mol. The van der Waals surface area contributed by atoms with E-state index < -0.39 is 47.9 Å². The van der Waals surface area contributed by atoms with Crippen molar-refractivity contribution in [2.75, 3.05) is 6.54 Å². The summed E-state index contributed by atoms with van der Waals surface area (Å²) in [6, 6.07) is 9.49. The number of rotatable bonds is 13. The Hall–Kier alpha value is -4.19. The van der Waals surface area contributed by atoms with Crippen LogP contribution in [0.4, 0.5) is 0 Å². The van der Waals surface area contributed by atoms with Crippen LogP contribution in [-0.4, -0.2) is 65.5 Å². The molecule has 4 atom stereocenters. The van der Waals surface area contributed by atoms with Gasteiger partial charge in [-0.1, -0.05) is 42.5 Å². The van der Waals surface area contributed by atoms with Gasteiger partial charge in [0.15, 0.2) is 5.96 Å². The number of carbonyl (C=O) groups excluding carboxylic acids is 3. The summed E-state index contributed by atoms with van der Waals surface area (Å²) in [4.78, 5) is 49.0. The van der Waals surface area contributed by atoms with Crippen LogP contribution in [0.15, 0.2) is 42.5 Å². The number of carboxylic acids is 1. The highest BCUT2D eigenvalue weighted by Crippen LogP contribution is 2.16. The Balaban J connectivity index is 2.03. The smallest absolute Gasteiger partial charge is 0.325 e. The number of nitrogens with two attached hydrogens (primary N) is 2. The van der Waals surface area contributed by atoms with Crippen molar-refractivity contribution in [1.29, 1.82) is 5.41 Å². The van der Waals surface area contributed by atoms with Crippen LogP contribution in [0.1, 0.15) is 32.3 Å². The maximum absolute atomic E-state index is 12.9. The zero-order valence-electron chi connectivity index (χ0n) is 20.9. The molecule has 0 aliphatic rings. The molecule has 0 unspecified atom stereocenters. The van der Waals surface area contributed by atoms with Gasteiger partial charge in [0, 0.05) is 6.54 Å². The van der Waals surface area contributed by atoms with Gasteiger partial charge in [-0.2, -0.15) is 0 Å². The van der Waals surface area contributed by atoms with E-state index in [0.29, 0.717) is 13.0 Å². The number of carboxylic acid groups (broad SMARTS) is 1. The summed E-state index contributed by atoms with van der Waals surface area (Å²) in [7, 11) is 0. The van der Waals surface area contributed by atoms with Gasteiger partial charge in [0.1, 0.15) is 18.1 Å². The molecule has 0 spiro atoms. The molecule has 10 N–H and O–H groups in total. The summed E-state index contributed by atoms with van der Waals surface area (Å²) in [5.41, 5.74) is 12.3. The topological polar surface area (TPSA) is 213 Å². The first-order valence-corrected chi connectivity index (χ1v) is 11.9. The van der Waals surface area contributed by atoms with E-state index in [0.717, 1.165) is 16.3 Å². The normalized spacial score (nSPS) is 14.0. The first-order chi connectivity index (χ1) is 17.5. The highest BCUT2D eigenvalue weighted by molar-refractivity contribution is 5.94.